The maximum atomic E-state index is 5.84. The van der Waals surface area contributed by atoms with Crippen molar-refractivity contribution in [1.82, 2.24) is 4.98 Å². The molecule has 0 aliphatic heterocycles. The van der Waals surface area contributed by atoms with Crippen LogP contribution in [0.15, 0.2) is 46.9 Å². The maximum absolute atomic E-state index is 5.84. The maximum Gasteiger partial charge on any atom is 0.227 e. The number of fused-ring (bicyclic) bond motifs is 1. The summed E-state index contributed by atoms with van der Waals surface area (Å²) in [5, 5.41) is 0. The quantitative estimate of drug-likeness (QED) is 0.791. The molecule has 1 heterocycles. The molecule has 0 saturated carbocycles. The van der Waals surface area contributed by atoms with Crippen LogP contribution in [-0.4, -0.2) is 4.98 Å². The van der Waals surface area contributed by atoms with E-state index < -0.39 is 0 Å². The first-order chi connectivity index (χ1) is 9.67. The van der Waals surface area contributed by atoms with Crippen LogP contribution < -0.4 is 5.73 Å². The summed E-state index contributed by atoms with van der Waals surface area (Å²) in [4.78, 5) is 4.60. The minimum Gasteiger partial charge on any atom is -0.436 e. The molecule has 0 amide bonds. The molecule has 0 spiro atoms. The van der Waals surface area contributed by atoms with Gasteiger partial charge in [-0.25, -0.2) is 4.98 Å². The van der Waals surface area contributed by atoms with Gasteiger partial charge in [-0.2, -0.15) is 0 Å². The average Bonchev–Trinajstić information content (AvgIpc) is 2.90. The Kier molecular flexibility index (Phi) is 3.28. The van der Waals surface area contributed by atoms with Gasteiger partial charge in [0, 0.05) is 11.1 Å². The summed E-state index contributed by atoms with van der Waals surface area (Å²) in [7, 11) is 0. The molecular weight excluding hydrogens is 248 g/mol. The first-order valence-corrected chi connectivity index (χ1v) is 6.96. The highest BCUT2D eigenvalue weighted by molar-refractivity contribution is 5.77. The van der Waals surface area contributed by atoms with Crippen molar-refractivity contribution in [2.45, 2.75) is 26.3 Å². The molecule has 0 atom stereocenters. The number of hydrogen-bond donors (Lipinski definition) is 1. The molecule has 0 fully saturated rings. The van der Waals surface area contributed by atoms with Gasteiger partial charge in [0.05, 0.1) is 6.54 Å². The van der Waals surface area contributed by atoms with Crippen LogP contribution in [0.4, 0.5) is 0 Å². The average molecular weight is 267 g/mol. The predicted octanol–water partition coefficient (Wildman–Crippen LogP) is 3.36. The van der Waals surface area contributed by atoms with E-state index in [-0.39, 0.29) is 0 Å². The normalized spacial score (nSPS) is 11.4. The Hall–Kier alpha value is -2.13. The Morgan fingerprint density at radius 3 is 2.50 bits per heavy atom. The zero-order chi connectivity index (χ0) is 14.1. The summed E-state index contributed by atoms with van der Waals surface area (Å²) < 4.78 is 5.84. The predicted molar refractivity (Wildman–Crippen MR) is 80.1 cm³/mol. The molecule has 20 heavy (non-hydrogen) atoms. The van der Waals surface area contributed by atoms with Crippen molar-refractivity contribution in [3.8, 4) is 11.5 Å². The zero-order valence-electron chi connectivity index (χ0n) is 11.9. The van der Waals surface area contributed by atoms with Crippen molar-refractivity contribution in [2.75, 3.05) is 0 Å². The molecule has 0 unspecified atom stereocenters. The van der Waals surface area contributed by atoms with E-state index in [1.807, 2.05) is 18.2 Å². The van der Waals surface area contributed by atoms with Crippen LogP contribution in [0.1, 0.15) is 30.9 Å². The molecule has 0 saturated heterocycles. The molecule has 3 heteroatoms. The van der Waals surface area contributed by atoms with Gasteiger partial charge >= 0.3 is 0 Å². The van der Waals surface area contributed by atoms with Crippen LogP contribution in [0.25, 0.3) is 22.6 Å². The molecule has 102 valence electrons. The molecule has 0 bridgehead atoms. The standard InChI is InChI=1S/C17H18N2O/c1-11(2)14-7-8-16-15(9-14)19-17(20-16)13-5-3-12(10-18)4-6-13/h3-9,11H,10,18H2,1-2H3/p+1. The Labute approximate surface area is 118 Å². The van der Waals surface area contributed by atoms with E-state index in [0.29, 0.717) is 11.8 Å². The largest absolute Gasteiger partial charge is 0.436 e. The molecule has 0 aliphatic carbocycles. The van der Waals surface area contributed by atoms with Gasteiger partial charge in [0.25, 0.3) is 0 Å². The molecule has 0 aliphatic rings. The fraction of sp³-hybridized carbons (Fsp3) is 0.235. The Morgan fingerprint density at radius 1 is 1.10 bits per heavy atom. The first kappa shape index (κ1) is 12.9. The summed E-state index contributed by atoms with van der Waals surface area (Å²) in [6.07, 6.45) is 0. The Morgan fingerprint density at radius 2 is 1.85 bits per heavy atom. The van der Waals surface area contributed by atoms with Crippen molar-refractivity contribution in [2.24, 2.45) is 0 Å². The molecule has 3 nitrogen and oxygen atoms in total. The van der Waals surface area contributed by atoms with E-state index in [9.17, 15) is 0 Å². The topological polar surface area (TPSA) is 53.7 Å². The van der Waals surface area contributed by atoms with Crippen LogP contribution >= 0.6 is 0 Å². The van der Waals surface area contributed by atoms with Crippen LogP contribution in [0, 0.1) is 0 Å². The number of aromatic nitrogens is 1. The van der Waals surface area contributed by atoms with Crippen molar-refractivity contribution in [3.05, 3.63) is 53.6 Å². The van der Waals surface area contributed by atoms with E-state index in [2.05, 4.69) is 48.8 Å². The third-order valence-electron chi connectivity index (χ3n) is 3.57. The lowest BCUT2D eigenvalue weighted by Crippen LogP contribution is -2.47. The van der Waals surface area contributed by atoms with Gasteiger partial charge in [-0.3, -0.25) is 0 Å². The molecule has 3 N–H and O–H groups in total. The van der Waals surface area contributed by atoms with Gasteiger partial charge in [0.15, 0.2) is 5.58 Å². The number of nitrogens with zero attached hydrogens (tertiary/aromatic N) is 1. The second-order valence-corrected chi connectivity index (χ2v) is 5.35. The number of hydrogen-bond acceptors (Lipinski definition) is 2. The molecule has 3 aromatic rings. The summed E-state index contributed by atoms with van der Waals surface area (Å²) >= 11 is 0. The highest BCUT2D eigenvalue weighted by Gasteiger charge is 2.09. The van der Waals surface area contributed by atoms with Crippen LogP contribution in [0.5, 0.6) is 0 Å². The Bertz CT molecular complexity index is 726. The van der Waals surface area contributed by atoms with Crippen molar-refractivity contribution >= 4 is 11.1 Å². The first-order valence-electron chi connectivity index (χ1n) is 6.96. The van der Waals surface area contributed by atoms with Crippen LogP contribution in [0.2, 0.25) is 0 Å². The van der Waals surface area contributed by atoms with E-state index >= 15 is 0 Å². The van der Waals surface area contributed by atoms with E-state index in [4.69, 9.17) is 4.42 Å². The lowest BCUT2D eigenvalue weighted by molar-refractivity contribution is -0.386. The molecule has 1 aromatic heterocycles. The monoisotopic (exact) mass is 267 g/mol. The number of quaternary nitrogens is 1. The van der Waals surface area contributed by atoms with Gasteiger partial charge in [-0.15, -0.1) is 0 Å². The number of rotatable bonds is 3. The fourth-order valence-corrected chi connectivity index (χ4v) is 2.24. The zero-order valence-corrected chi connectivity index (χ0v) is 11.9. The smallest absolute Gasteiger partial charge is 0.227 e. The fourth-order valence-electron chi connectivity index (χ4n) is 2.24. The van der Waals surface area contributed by atoms with E-state index in [1.54, 1.807) is 0 Å². The SMILES string of the molecule is CC(C)c1ccc2oc(-c3ccc(C[NH3+])cc3)nc2c1. The van der Waals surface area contributed by atoms with Crippen molar-refractivity contribution in [3.63, 3.8) is 0 Å². The molecule has 2 aromatic carbocycles. The van der Waals surface area contributed by atoms with Gasteiger partial charge in [-0.1, -0.05) is 32.0 Å². The molecule has 0 radical (unpaired) electrons. The summed E-state index contributed by atoms with van der Waals surface area (Å²) in [5.74, 6) is 1.17. The Balaban J connectivity index is 2.03. The van der Waals surface area contributed by atoms with Gasteiger partial charge < -0.3 is 10.2 Å². The molecular formula is C17H19N2O+. The third-order valence-corrected chi connectivity index (χ3v) is 3.57. The third kappa shape index (κ3) is 2.32. The lowest BCUT2D eigenvalue weighted by Gasteiger charge is -2.02. The molecule has 3 rings (SSSR count). The second kappa shape index (κ2) is 5.10. The minimum absolute atomic E-state index is 0.496. The van der Waals surface area contributed by atoms with Gasteiger partial charge in [0.2, 0.25) is 5.89 Å². The van der Waals surface area contributed by atoms with Gasteiger partial charge in [-0.05, 0) is 35.7 Å². The van der Waals surface area contributed by atoms with Crippen LogP contribution in [0.3, 0.4) is 0 Å². The van der Waals surface area contributed by atoms with E-state index in [0.717, 1.165) is 23.2 Å². The van der Waals surface area contributed by atoms with Crippen molar-refractivity contribution < 1.29 is 10.2 Å². The lowest BCUT2D eigenvalue weighted by atomic mass is 10.0. The van der Waals surface area contributed by atoms with E-state index in [1.165, 1.54) is 11.1 Å². The minimum atomic E-state index is 0.496. The summed E-state index contributed by atoms with van der Waals surface area (Å²) in [6, 6.07) is 14.4. The van der Waals surface area contributed by atoms with Crippen molar-refractivity contribution in [1.29, 1.82) is 0 Å². The summed E-state index contributed by atoms with van der Waals surface area (Å²) in [6.45, 7) is 5.16. The second-order valence-electron chi connectivity index (χ2n) is 5.35. The van der Waals surface area contributed by atoms with Crippen LogP contribution in [-0.2, 0) is 6.54 Å². The summed E-state index contributed by atoms with van der Waals surface area (Å²) in [5.41, 5.74) is 9.14. The highest BCUT2D eigenvalue weighted by Crippen LogP contribution is 2.27. The number of oxazole rings is 1. The highest BCUT2D eigenvalue weighted by atomic mass is 16.3. The van der Waals surface area contributed by atoms with Gasteiger partial charge in [0.1, 0.15) is 5.52 Å². The number of benzene rings is 2.